The van der Waals surface area contributed by atoms with E-state index in [1.807, 2.05) is 69.2 Å². The van der Waals surface area contributed by atoms with Crippen LogP contribution in [0.4, 0.5) is 0 Å². The summed E-state index contributed by atoms with van der Waals surface area (Å²) in [5.41, 5.74) is 1.51. The Balaban J connectivity index is 2.21. The first kappa shape index (κ1) is 17.5. The van der Waals surface area contributed by atoms with Crippen LogP contribution in [0.25, 0.3) is 10.6 Å². The van der Waals surface area contributed by atoms with E-state index in [2.05, 4.69) is 4.98 Å². The van der Waals surface area contributed by atoms with Gasteiger partial charge in [0, 0.05) is 23.0 Å². The molecule has 0 unspecified atom stereocenters. The van der Waals surface area contributed by atoms with Gasteiger partial charge in [-0.3, -0.25) is 4.79 Å². The summed E-state index contributed by atoms with van der Waals surface area (Å²) in [7, 11) is 0. The first-order chi connectivity index (χ1) is 10.9. The van der Waals surface area contributed by atoms with Crippen LogP contribution in [-0.4, -0.2) is 34.5 Å². The Hall–Kier alpha value is -1.88. The van der Waals surface area contributed by atoms with E-state index in [1.54, 1.807) is 0 Å². The van der Waals surface area contributed by atoms with Crippen LogP contribution < -0.4 is 4.74 Å². The number of hydrogen-bond donors (Lipinski definition) is 0. The van der Waals surface area contributed by atoms with Crippen LogP contribution in [0.1, 0.15) is 45.1 Å². The first-order valence-electron chi connectivity index (χ1n) is 7.95. The van der Waals surface area contributed by atoms with E-state index in [4.69, 9.17) is 4.74 Å². The van der Waals surface area contributed by atoms with E-state index in [-0.39, 0.29) is 18.0 Å². The second-order valence-electron chi connectivity index (χ2n) is 5.90. The van der Waals surface area contributed by atoms with Gasteiger partial charge in [-0.1, -0.05) is 0 Å². The molecule has 0 spiro atoms. The number of amides is 1. The zero-order chi connectivity index (χ0) is 17.0. The van der Waals surface area contributed by atoms with Gasteiger partial charge >= 0.3 is 0 Å². The summed E-state index contributed by atoms with van der Waals surface area (Å²) in [5, 5.41) is 2.69. The standard InChI is InChI=1S/C18H24N2O2S/c1-6-22-15-9-7-14(8-10-15)17-19-16(11-23-17)18(21)20(12(2)3)13(4)5/h7-13H,6H2,1-5H3. The van der Waals surface area contributed by atoms with Crippen molar-refractivity contribution in [2.75, 3.05) is 6.61 Å². The maximum Gasteiger partial charge on any atom is 0.273 e. The fourth-order valence-electron chi connectivity index (χ4n) is 2.56. The van der Waals surface area contributed by atoms with Crippen LogP contribution in [0.3, 0.4) is 0 Å². The van der Waals surface area contributed by atoms with Gasteiger partial charge in [0.1, 0.15) is 16.5 Å². The van der Waals surface area contributed by atoms with Crippen LogP contribution in [0.2, 0.25) is 0 Å². The first-order valence-corrected chi connectivity index (χ1v) is 8.83. The Morgan fingerprint density at radius 3 is 2.30 bits per heavy atom. The van der Waals surface area contributed by atoms with Gasteiger partial charge in [-0.25, -0.2) is 4.98 Å². The molecule has 0 atom stereocenters. The van der Waals surface area contributed by atoms with Crippen molar-refractivity contribution >= 4 is 17.2 Å². The van der Waals surface area contributed by atoms with Crippen molar-refractivity contribution in [1.29, 1.82) is 0 Å². The Morgan fingerprint density at radius 2 is 1.78 bits per heavy atom. The van der Waals surface area contributed by atoms with Gasteiger partial charge in [-0.2, -0.15) is 0 Å². The van der Waals surface area contributed by atoms with Gasteiger partial charge in [0.25, 0.3) is 5.91 Å². The SMILES string of the molecule is CCOc1ccc(-c2nc(C(=O)N(C(C)C)C(C)C)cs2)cc1. The lowest BCUT2D eigenvalue weighted by Crippen LogP contribution is -2.42. The molecule has 0 saturated heterocycles. The third-order valence-electron chi connectivity index (χ3n) is 3.48. The Labute approximate surface area is 142 Å². The molecule has 0 fully saturated rings. The Bertz CT molecular complexity index is 639. The summed E-state index contributed by atoms with van der Waals surface area (Å²) in [4.78, 5) is 19.0. The highest BCUT2D eigenvalue weighted by atomic mass is 32.1. The molecule has 0 aliphatic heterocycles. The molecule has 0 saturated carbocycles. The van der Waals surface area contributed by atoms with Crippen LogP contribution in [0.15, 0.2) is 29.6 Å². The molecule has 0 N–H and O–H groups in total. The lowest BCUT2D eigenvalue weighted by Gasteiger charge is -2.30. The highest BCUT2D eigenvalue weighted by Gasteiger charge is 2.23. The van der Waals surface area contributed by atoms with E-state index in [1.165, 1.54) is 11.3 Å². The quantitative estimate of drug-likeness (QED) is 0.784. The molecular weight excluding hydrogens is 308 g/mol. The molecule has 1 aromatic heterocycles. The summed E-state index contributed by atoms with van der Waals surface area (Å²) in [6, 6.07) is 8.10. The van der Waals surface area contributed by atoms with Crippen LogP contribution >= 0.6 is 11.3 Å². The molecule has 23 heavy (non-hydrogen) atoms. The van der Waals surface area contributed by atoms with Crippen molar-refractivity contribution in [1.82, 2.24) is 9.88 Å². The van der Waals surface area contributed by atoms with Crippen LogP contribution in [-0.2, 0) is 0 Å². The van der Waals surface area contributed by atoms with Gasteiger partial charge in [-0.05, 0) is 58.9 Å². The second-order valence-corrected chi connectivity index (χ2v) is 6.75. The number of nitrogens with zero attached hydrogens (tertiary/aromatic N) is 2. The van der Waals surface area contributed by atoms with Crippen molar-refractivity contribution in [3.63, 3.8) is 0 Å². The fourth-order valence-corrected chi connectivity index (χ4v) is 3.36. The highest BCUT2D eigenvalue weighted by molar-refractivity contribution is 7.13. The minimum absolute atomic E-state index is 0.0107. The van der Waals surface area contributed by atoms with Gasteiger partial charge < -0.3 is 9.64 Å². The Kier molecular flexibility index (Phi) is 5.77. The van der Waals surface area contributed by atoms with E-state index in [0.29, 0.717) is 12.3 Å². The monoisotopic (exact) mass is 332 g/mol. The second kappa shape index (κ2) is 7.59. The maximum atomic E-state index is 12.7. The van der Waals surface area contributed by atoms with E-state index < -0.39 is 0 Å². The summed E-state index contributed by atoms with van der Waals surface area (Å²) in [6.07, 6.45) is 0. The minimum atomic E-state index is -0.0107. The average molecular weight is 332 g/mol. The van der Waals surface area contributed by atoms with Crippen LogP contribution in [0, 0.1) is 0 Å². The summed E-state index contributed by atoms with van der Waals surface area (Å²) in [6.45, 7) is 10.7. The molecule has 2 rings (SSSR count). The molecule has 1 amide bonds. The van der Waals surface area contributed by atoms with Crippen molar-refractivity contribution in [2.45, 2.75) is 46.7 Å². The molecule has 1 heterocycles. The summed E-state index contributed by atoms with van der Waals surface area (Å²) >= 11 is 1.49. The molecule has 0 radical (unpaired) electrons. The smallest absolute Gasteiger partial charge is 0.273 e. The predicted molar refractivity (Wildman–Crippen MR) is 95.2 cm³/mol. The molecule has 0 bridgehead atoms. The number of rotatable bonds is 6. The zero-order valence-electron chi connectivity index (χ0n) is 14.4. The highest BCUT2D eigenvalue weighted by Crippen LogP contribution is 2.26. The number of aromatic nitrogens is 1. The third kappa shape index (κ3) is 4.10. The topological polar surface area (TPSA) is 42.4 Å². The predicted octanol–water partition coefficient (Wildman–Crippen LogP) is 4.47. The minimum Gasteiger partial charge on any atom is -0.494 e. The van der Waals surface area contributed by atoms with E-state index >= 15 is 0 Å². The van der Waals surface area contributed by atoms with E-state index in [0.717, 1.165) is 16.3 Å². The number of thiazole rings is 1. The zero-order valence-corrected chi connectivity index (χ0v) is 15.2. The lowest BCUT2D eigenvalue weighted by atomic mass is 10.2. The molecule has 2 aromatic rings. The number of benzene rings is 1. The maximum absolute atomic E-state index is 12.7. The van der Waals surface area contributed by atoms with E-state index in [9.17, 15) is 4.79 Å². The normalized spacial score (nSPS) is 11.1. The molecule has 1 aromatic carbocycles. The number of hydrogen-bond acceptors (Lipinski definition) is 4. The molecule has 0 aliphatic rings. The van der Waals surface area contributed by atoms with Gasteiger partial charge in [0.2, 0.25) is 0 Å². The molecular formula is C18H24N2O2S. The van der Waals surface area contributed by atoms with Gasteiger partial charge in [-0.15, -0.1) is 11.3 Å². The van der Waals surface area contributed by atoms with Crippen molar-refractivity contribution in [3.05, 3.63) is 35.3 Å². The fraction of sp³-hybridized carbons (Fsp3) is 0.444. The molecule has 0 aliphatic carbocycles. The number of carbonyl (C=O) groups is 1. The third-order valence-corrected chi connectivity index (χ3v) is 4.37. The summed E-state index contributed by atoms with van der Waals surface area (Å²) in [5.74, 6) is 0.832. The van der Waals surface area contributed by atoms with Crippen molar-refractivity contribution in [3.8, 4) is 16.3 Å². The van der Waals surface area contributed by atoms with Gasteiger partial charge in [0.05, 0.1) is 6.61 Å². The molecule has 124 valence electrons. The largest absolute Gasteiger partial charge is 0.494 e. The van der Waals surface area contributed by atoms with Crippen LogP contribution in [0.5, 0.6) is 5.75 Å². The van der Waals surface area contributed by atoms with Crippen molar-refractivity contribution in [2.24, 2.45) is 0 Å². The van der Waals surface area contributed by atoms with Crippen molar-refractivity contribution < 1.29 is 9.53 Å². The Morgan fingerprint density at radius 1 is 1.17 bits per heavy atom. The molecule has 5 heteroatoms. The molecule has 4 nitrogen and oxygen atoms in total. The lowest BCUT2D eigenvalue weighted by molar-refractivity contribution is 0.0638. The summed E-state index contributed by atoms with van der Waals surface area (Å²) < 4.78 is 5.45. The number of carbonyl (C=O) groups excluding carboxylic acids is 1. The van der Waals surface area contributed by atoms with Gasteiger partial charge in [0.15, 0.2) is 0 Å². The average Bonchev–Trinajstić information content (AvgIpc) is 2.97. The number of ether oxygens (including phenoxy) is 1.